The standard InChI is InChI=1S/C15H17N3O/c1-9-5-6-13(10(2)7-9)18-15(19)14-11(3)12(4)16-8-17-14/h5-8H,1-4H3,(H,18,19). The molecule has 1 N–H and O–H groups in total. The van der Waals surface area contributed by atoms with Gasteiger partial charge >= 0.3 is 0 Å². The Morgan fingerprint density at radius 3 is 2.53 bits per heavy atom. The van der Waals surface area contributed by atoms with Crippen molar-refractivity contribution in [1.82, 2.24) is 9.97 Å². The van der Waals surface area contributed by atoms with Gasteiger partial charge in [-0.2, -0.15) is 0 Å². The van der Waals surface area contributed by atoms with Crippen LogP contribution in [0.3, 0.4) is 0 Å². The monoisotopic (exact) mass is 255 g/mol. The first-order valence-corrected chi connectivity index (χ1v) is 6.16. The summed E-state index contributed by atoms with van der Waals surface area (Å²) in [6, 6.07) is 5.92. The first kappa shape index (κ1) is 13.2. The number of carbonyl (C=O) groups is 1. The first-order chi connectivity index (χ1) is 8.99. The van der Waals surface area contributed by atoms with E-state index in [-0.39, 0.29) is 5.91 Å². The highest BCUT2D eigenvalue weighted by Gasteiger charge is 2.13. The lowest BCUT2D eigenvalue weighted by atomic mass is 10.1. The maximum absolute atomic E-state index is 12.2. The Morgan fingerprint density at radius 2 is 1.84 bits per heavy atom. The fourth-order valence-corrected chi connectivity index (χ4v) is 1.90. The van der Waals surface area contributed by atoms with Crippen molar-refractivity contribution in [3.63, 3.8) is 0 Å². The second-order valence-corrected chi connectivity index (χ2v) is 4.71. The van der Waals surface area contributed by atoms with Crippen LogP contribution in [0.1, 0.15) is 32.9 Å². The molecule has 0 fully saturated rings. The van der Waals surface area contributed by atoms with Gasteiger partial charge in [-0.25, -0.2) is 9.97 Å². The van der Waals surface area contributed by atoms with Gasteiger partial charge in [0.05, 0.1) is 0 Å². The molecule has 0 aliphatic heterocycles. The van der Waals surface area contributed by atoms with Crippen molar-refractivity contribution in [3.05, 3.63) is 52.6 Å². The van der Waals surface area contributed by atoms with E-state index in [4.69, 9.17) is 0 Å². The topological polar surface area (TPSA) is 54.9 Å². The number of carbonyl (C=O) groups excluding carboxylic acids is 1. The quantitative estimate of drug-likeness (QED) is 0.897. The molecule has 0 radical (unpaired) electrons. The lowest BCUT2D eigenvalue weighted by Crippen LogP contribution is -2.17. The molecule has 2 rings (SSSR count). The van der Waals surface area contributed by atoms with Crippen LogP contribution >= 0.6 is 0 Å². The molecule has 0 spiro atoms. The molecule has 0 aliphatic carbocycles. The van der Waals surface area contributed by atoms with E-state index in [0.29, 0.717) is 5.69 Å². The van der Waals surface area contributed by atoms with Crippen molar-refractivity contribution >= 4 is 11.6 Å². The molecule has 0 atom stereocenters. The highest BCUT2D eigenvalue weighted by molar-refractivity contribution is 6.04. The molecule has 0 saturated heterocycles. The molecule has 0 aliphatic rings. The van der Waals surface area contributed by atoms with Crippen LogP contribution in [0, 0.1) is 27.7 Å². The molecule has 4 heteroatoms. The van der Waals surface area contributed by atoms with Gasteiger partial charge in [-0.15, -0.1) is 0 Å². The number of benzene rings is 1. The predicted molar refractivity (Wildman–Crippen MR) is 75.4 cm³/mol. The predicted octanol–water partition coefficient (Wildman–Crippen LogP) is 2.96. The highest BCUT2D eigenvalue weighted by Crippen LogP contribution is 2.17. The van der Waals surface area contributed by atoms with Gasteiger partial charge in [0.15, 0.2) is 0 Å². The number of aromatic nitrogens is 2. The zero-order valence-corrected chi connectivity index (χ0v) is 11.6. The zero-order chi connectivity index (χ0) is 14.0. The second kappa shape index (κ2) is 5.18. The SMILES string of the molecule is Cc1ccc(NC(=O)c2ncnc(C)c2C)c(C)c1. The Bertz CT molecular complexity index is 635. The van der Waals surface area contributed by atoms with Gasteiger partial charge in [-0.05, 0) is 39.3 Å². The molecule has 98 valence electrons. The number of aryl methyl sites for hydroxylation is 3. The molecular weight excluding hydrogens is 238 g/mol. The normalized spacial score (nSPS) is 10.3. The number of rotatable bonds is 2. The van der Waals surface area contributed by atoms with Gasteiger partial charge in [-0.1, -0.05) is 17.7 Å². The summed E-state index contributed by atoms with van der Waals surface area (Å²) in [5.74, 6) is -0.199. The van der Waals surface area contributed by atoms with Gasteiger partial charge in [0.1, 0.15) is 12.0 Å². The Morgan fingerprint density at radius 1 is 1.11 bits per heavy atom. The summed E-state index contributed by atoms with van der Waals surface area (Å²) in [5.41, 5.74) is 5.07. The Balaban J connectivity index is 2.28. The first-order valence-electron chi connectivity index (χ1n) is 6.16. The fourth-order valence-electron chi connectivity index (χ4n) is 1.90. The fraction of sp³-hybridized carbons (Fsp3) is 0.267. The van der Waals surface area contributed by atoms with Gasteiger partial charge in [0.2, 0.25) is 0 Å². The summed E-state index contributed by atoms with van der Waals surface area (Å²) in [6.07, 6.45) is 1.42. The molecule has 0 saturated carbocycles. The van der Waals surface area contributed by atoms with Crippen molar-refractivity contribution in [2.24, 2.45) is 0 Å². The number of hydrogen-bond acceptors (Lipinski definition) is 3. The van der Waals surface area contributed by atoms with E-state index < -0.39 is 0 Å². The van der Waals surface area contributed by atoms with E-state index in [2.05, 4.69) is 15.3 Å². The minimum atomic E-state index is -0.199. The van der Waals surface area contributed by atoms with Gasteiger partial charge in [0.25, 0.3) is 5.91 Å². The smallest absolute Gasteiger partial charge is 0.274 e. The van der Waals surface area contributed by atoms with Crippen LogP contribution in [0.15, 0.2) is 24.5 Å². The third kappa shape index (κ3) is 2.78. The van der Waals surface area contributed by atoms with Gasteiger partial charge in [0, 0.05) is 16.9 Å². The Labute approximate surface area is 112 Å². The largest absolute Gasteiger partial charge is 0.320 e. The molecule has 0 unspecified atom stereocenters. The molecule has 19 heavy (non-hydrogen) atoms. The maximum atomic E-state index is 12.2. The minimum absolute atomic E-state index is 0.199. The second-order valence-electron chi connectivity index (χ2n) is 4.71. The van der Waals surface area contributed by atoms with Crippen LogP contribution in [0.25, 0.3) is 0 Å². The third-order valence-electron chi connectivity index (χ3n) is 3.18. The lowest BCUT2D eigenvalue weighted by molar-refractivity contribution is 0.102. The van der Waals surface area contributed by atoms with Crippen LogP contribution in [0.4, 0.5) is 5.69 Å². The minimum Gasteiger partial charge on any atom is -0.320 e. The van der Waals surface area contributed by atoms with E-state index in [9.17, 15) is 4.79 Å². The number of hydrogen-bond donors (Lipinski definition) is 1. The number of nitrogens with zero attached hydrogens (tertiary/aromatic N) is 2. The summed E-state index contributed by atoms with van der Waals surface area (Å²) in [4.78, 5) is 20.3. The summed E-state index contributed by atoms with van der Waals surface area (Å²) >= 11 is 0. The molecular formula is C15H17N3O. The van der Waals surface area contributed by atoms with E-state index in [1.807, 2.05) is 45.9 Å². The summed E-state index contributed by atoms with van der Waals surface area (Å²) < 4.78 is 0. The van der Waals surface area contributed by atoms with E-state index in [0.717, 1.165) is 22.5 Å². The number of nitrogens with one attached hydrogen (secondary N) is 1. The van der Waals surface area contributed by atoms with Crippen LogP contribution < -0.4 is 5.32 Å². The average molecular weight is 255 g/mol. The van der Waals surface area contributed by atoms with Crippen molar-refractivity contribution in [1.29, 1.82) is 0 Å². The van der Waals surface area contributed by atoms with Crippen LogP contribution in [-0.4, -0.2) is 15.9 Å². The molecule has 1 aromatic carbocycles. The summed E-state index contributed by atoms with van der Waals surface area (Å²) in [7, 11) is 0. The lowest BCUT2D eigenvalue weighted by Gasteiger charge is -2.10. The van der Waals surface area contributed by atoms with Crippen molar-refractivity contribution in [2.75, 3.05) is 5.32 Å². The highest BCUT2D eigenvalue weighted by atomic mass is 16.1. The number of anilines is 1. The Kier molecular flexibility index (Phi) is 3.60. The number of amides is 1. The maximum Gasteiger partial charge on any atom is 0.274 e. The van der Waals surface area contributed by atoms with Crippen molar-refractivity contribution in [3.8, 4) is 0 Å². The van der Waals surface area contributed by atoms with E-state index >= 15 is 0 Å². The third-order valence-corrected chi connectivity index (χ3v) is 3.18. The van der Waals surface area contributed by atoms with Crippen LogP contribution in [-0.2, 0) is 0 Å². The molecule has 1 aromatic heterocycles. The Hall–Kier alpha value is -2.23. The van der Waals surface area contributed by atoms with Gasteiger partial charge in [-0.3, -0.25) is 4.79 Å². The summed E-state index contributed by atoms with van der Waals surface area (Å²) in [5, 5.41) is 2.89. The van der Waals surface area contributed by atoms with Crippen LogP contribution in [0.5, 0.6) is 0 Å². The molecule has 2 aromatic rings. The molecule has 0 bridgehead atoms. The van der Waals surface area contributed by atoms with E-state index in [1.54, 1.807) is 0 Å². The van der Waals surface area contributed by atoms with Gasteiger partial charge < -0.3 is 5.32 Å². The van der Waals surface area contributed by atoms with Crippen molar-refractivity contribution in [2.45, 2.75) is 27.7 Å². The molecule has 4 nitrogen and oxygen atoms in total. The zero-order valence-electron chi connectivity index (χ0n) is 11.6. The van der Waals surface area contributed by atoms with E-state index in [1.165, 1.54) is 11.9 Å². The van der Waals surface area contributed by atoms with Crippen LogP contribution in [0.2, 0.25) is 0 Å². The molecule has 1 amide bonds. The van der Waals surface area contributed by atoms with Crippen molar-refractivity contribution < 1.29 is 4.79 Å². The average Bonchev–Trinajstić information content (AvgIpc) is 2.36. The molecule has 1 heterocycles. The summed E-state index contributed by atoms with van der Waals surface area (Å²) in [6.45, 7) is 7.72.